The molecule has 1 nitrogen and oxygen atoms in total. The Bertz CT molecular complexity index is 443. The molecule has 0 aromatic heterocycles. The molecule has 0 N–H and O–H groups in total. The summed E-state index contributed by atoms with van der Waals surface area (Å²) >= 11 is 0. The lowest BCUT2D eigenvalue weighted by molar-refractivity contribution is -0.124. The number of hydrogen-bond acceptors (Lipinski definition) is 1. The highest BCUT2D eigenvalue weighted by molar-refractivity contribution is 5.86. The van der Waals surface area contributed by atoms with Crippen molar-refractivity contribution in [3.8, 4) is 0 Å². The molecule has 0 radical (unpaired) electrons. The Morgan fingerprint density at radius 1 is 1.06 bits per heavy atom. The van der Waals surface area contributed by atoms with Gasteiger partial charge >= 0.3 is 0 Å². The molecule has 96 valence electrons. The summed E-state index contributed by atoms with van der Waals surface area (Å²) in [7, 11) is 0. The summed E-state index contributed by atoms with van der Waals surface area (Å²) in [5, 5.41) is 0. The van der Waals surface area contributed by atoms with Crippen molar-refractivity contribution in [2.75, 3.05) is 0 Å². The summed E-state index contributed by atoms with van der Waals surface area (Å²) in [6, 6.07) is 0. The first kappa shape index (κ1) is 11.0. The van der Waals surface area contributed by atoms with Crippen LogP contribution in [0, 0.1) is 23.7 Å². The predicted molar refractivity (Wildman–Crippen MR) is 72.1 cm³/mol. The fourth-order valence-electron chi connectivity index (χ4n) is 5.02. The van der Waals surface area contributed by atoms with Crippen molar-refractivity contribution in [1.29, 1.82) is 0 Å². The van der Waals surface area contributed by atoms with Gasteiger partial charge in [-0.05, 0) is 55.4 Å². The maximum absolute atomic E-state index is 12.4. The van der Waals surface area contributed by atoms with Gasteiger partial charge in [0.25, 0.3) is 0 Å². The van der Waals surface area contributed by atoms with Gasteiger partial charge in [-0.25, -0.2) is 0 Å². The summed E-state index contributed by atoms with van der Waals surface area (Å²) in [5.74, 6) is 3.06. The zero-order chi connectivity index (χ0) is 12.1. The van der Waals surface area contributed by atoms with Crippen molar-refractivity contribution >= 4 is 5.78 Å². The minimum absolute atomic E-state index is 0.313. The van der Waals surface area contributed by atoms with E-state index in [2.05, 4.69) is 12.2 Å². The summed E-state index contributed by atoms with van der Waals surface area (Å²) in [4.78, 5) is 12.4. The highest BCUT2D eigenvalue weighted by Crippen LogP contribution is 2.51. The van der Waals surface area contributed by atoms with E-state index < -0.39 is 0 Å². The Kier molecular flexibility index (Phi) is 2.50. The highest BCUT2D eigenvalue weighted by Gasteiger charge is 2.43. The average molecular weight is 242 g/mol. The standard InChI is InChI=1S/C17H22O/c18-17-10-16-12-7-3-4-11(12)8-9-14(16)13-5-1-2-6-15(13)17/h8-9,11-12,15-16H,1-7,10H2. The van der Waals surface area contributed by atoms with Gasteiger partial charge in [0.15, 0.2) is 0 Å². The van der Waals surface area contributed by atoms with E-state index in [1.807, 2.05) is 0 Å². The van der Waals surface area contributed by atoms with E-state index in [1.165, 1.54) is 38.5 Å². The molecule has 0 bridgehead atoms. The molecule has 4 unspecified atom stereocenters. The molecule has 0 saturated heterocycles. The fourth-order valence-corrected chi connectivity index (χ4v) is 5.02. The second-order valence-electron chi connectivity index (χ2n) is 6.67. The van der Waals surface area contributed by atoms with Crippen molar-refractivity contribution in [2.24, 2.45) is 23.7 Å². The maximum Gasteiger partial charge on any atom is 0.140 e. The molecular formula is C17H22O. The second-order valence-corrected chi connectivity index (χ2v) is 6.67. The molecule has 0 heterocycles. The minimum atomic E-state index is 0.313. The molecule has 0 aromatic carbocycles. The number of allylic oxidation sites excluding steroid dienone is 4. The van der Waals surface area contributed by atoms with E-state index in [-0.39, 0.29) is 0 Å². The molecule has 0 amide bonds. The Morgan fingerprint density at radius 2 is 2.00 bits per heavy atom. The molecule has 0 spiro atoms. The van der Waals surface area contributed by atoms with Gasteiger partial charge < -0.3 is 0 Å². The monoisotopic (exact) mass is 242 g/mol. The topological polar surface area (TPSA) is 17.1 Å². The van der Waals surface area contributed by atoms with Gasteiger partial charge in [-0.1, -0.05) is 30.6 Å². The Balaban J connectivity index is 1.79. The van der Waals surface area contributed by atoms with Crippen LogP contribution in [0.5, 0.6) is 0 Å². The maximum atomic E-state index is 12.4. The largest absolute Gasteiger partial charge is 0.299 e. The molecule has 1 heteroatoms. The first-order chi connectivity index (χ1) is 8.84. The smallest absolute Gasteiger partial charge is 0.140 e. The lowest BCUT2D eigenvalue weighted by atomic mass is 9.63. The number of carbonyl (C=O) groups is 1. The molecule has 0 aromatic rings. The van der Waals surface area contributed by atoms with Crippen molar-refractivity contribution in [3.05, 3.63) is 23.3 Å². The van der Waals surface area contributed by atoms with Crippen LogP contribution in [0.4, 0.5) is 0 Å². The van der Waals surface area contributed by atoms with Gasteiger partial charge in [0, 0.05) is 12.3 Å². The van der Waals surface area contributed by atoms with Crippen molar-refractivity contribution < 1.29 is 4.79 Å². The Labute approximate surface area is 109 Å². The van der Waals surface area contributed by atoms with Crippen LogP contribution >= 0.6 is 0 Å². The SMILES string of the molecule is O=C1CC2C(=C3CCCCC13)C=CC1CCCC12. The second kappa shape index (κ2) is 4.08. The van der Waals surface area contributed by atoms with Crippen LogP contribution in [-0.2, 0) is 4.79 Å². The lowest BCUT2D eigenvalue weighted by Gasteiger charge is -2.41. The molecule has 4 atom stereocenters. The third kappa shape index (κ3) is 1.49. The first-order valence-corrected chi connectivity index (χ1v) is 7.78. The minimum Gasteiger partial charge on any atom is -0.299 e. The first-order valence-electron chi connectivity index (χ1n) is 7.78. The summed E-state index contributed by atoms with van der Waals surface area (Å²) in [5.41, 5.74) is 3.14. The zero-order valence-electron chi connectivity index (χ0n) is 11.0. The number of ketones is 1. The van der Waals surface area contributed by atoms with Crippen LogP contribution in [0.1, 0.15) is 51.4 Å². The molecular weight excluding hydrogens is 220 g/mol. The van der Waals surface area contributed by atoms with E-state index in [0.717, 1.165) is 24.7 Å². The number of hydrogen-bond donors (Lipinski definition) is 0. The third-order valence-corrected chi connectivity index (χ3v) is 5.85. The average Bonchev–Trinajstić information content (AvgIpc) is 2.88. The predicted octanol–water partition coefficient (Wildman–Crippen LogP) is 4.05. The van der Waals surface area contributed by atoms with Crippen LogP contribution in [0.2, 0.25) is 0 Å². The van der Waals surface area contributed by atoms with Crippen molar-refractivity contribution in [1.82, 2.24) is 0 Å². The summed E-state index contributed by atoms with van der Waals surface area (Å²) < 4.78 is 0. The van der Waals surface area contributed by atoms with Gasteiger partial charge in [0.05, 0.1) is 0 Å². The van der Waals surface area contributed by atoms with E-state index in [4.69, 9.17) is 0 Å². The molecule has 0 aliphatic heterocycles. The highest BCUT2D eigenvalue weighted by atomic mass is 16.1. The number of rotatable bonds is 0. The number of fused-ring (bicyclic) bond motifs is 4. The normalized spacial score (nSPS) is 42.6. The summed E-state index contributed by atoms with van der Waals surface area (Å²) in [6.07, 6.45) is 14.7. The Morgan fingerprint density at radius 3 is 2.94 bits per heavy atom. The van der Waals surface area contributed by atoms with Gasteiger partial charge in [-0.2, -0.15) is 0 Å². The molecule has 4 aliphatic carbocycles. The van der Waals surface area contributed by atoms with Gasteiger partial charge in [-0.3, -0.25) is 4.79 Å². The zero-order valence-corrected chi connectivity index (χ0v) is 11.0. The van der Waals surface area contributed by atoms with Crippen LogP contribution in [0.25, 0.3) is 0 Å². The van der Waals surface area contributed by atoms with E-state index >= 15 is 0 Å². The van der Waals surface area contributed by atoms with E-state index in [9.17, 15) is 4.79 Å². The lowest BCUT2D eigenvalue weighted by Crippen LogP contribution is -2.35. The molecule has 18 heavy (non-hydrogen) atoms. The van der Waals surface area contributed by atoms with Crippen LogP contribution in [0.3, 0.4) is 0 Å². The fraction of sp³-hybridized carbons (Fsp3) is 0.706. The van der Waals surface area contributed by atoms with Crippen LogP contribution in [-0.4, -0.2) is 5.78 Å². The van der Waals surface area contributed by atoms with Crippen molar-refractivity contribution in [2.45, 2.75) is 51.4 Å². The number of carbonyl (C=O) groups excluding carboxylic acids is 1. The van der Waals surface area contributed by atoms with Gasteiger partial charge in [0.2, 0.25) is 0 Å². The van der Waals surface area contributed by atoms with Crippen LogP contribution < -0.4 is 0 Å². The van der Waals surface area contributed by atoms with Gasteiger partial charge in [-0.15, -0.1) is 0 Å². The van der Waals surface area contributed by atoms with Crippen molar-refractivity contribution in [3.63, 3.8) is 0 Å². The van der Waals surface area contributed by atoms with E-state index in [1.54, 1.807) is 11.1 Å². The van der Waals surface area contributed by atoms with E-state index in [0.29, 0.717) is 17.6 Å². The Hall–Kier alpha value is -0.850. The van der Waals surface area contributed by atoms with Crippen LogP contribution in [0.15, 0.2) is 23.3 Å². The third-order valence-electron chi connectivity index (χ3n) is 5.85. The summed E-state index contributed by atoms with van der Waals surface area (Å²) in [6.45, 7) is 0. The molecule has 4 rings (SSSR count). The molecule has 4 aliphatic rings. The molecule has 2 fully saturated rings. The number of Topliss-reactive ketones (excluding diaryl/α,β-unsaturated/α-hetero) is 1. The molecule has 2 saturated carbocycles. The quantitative estimate of drug-likeness (QED) is 0.626. The van der Waals surface area contributed by atoms with Gasteiger partial charge in [0.1, 0.15) is 5.78 Å².